The molecule has 0 atom stereocenters. The second kappa shape index (κ2) is 27.4. The number of guanidine groups is 2. The molecule has 4 amide bonds. The number of benzene rings is 1. The molecule has 0 heterocycles. The zero-order valence-corrected chi connectivity index (χ0v) is 39.0. The lowest BCUT2D eigenvalue weighted by Gasteiger charge is -2.29. The number of nitrogens with one attached hydrogen (secondary N) is 4. The maximum absolute atomic E-state index is 13.4. The number of unbranched alkanes of at least 4 members (excludes halogenated alkanes) is 10. The lowest BCUT2D eigenvalue weighted by molar-refractivity contribution is 0.0345. The van der Waals surface area contributed by atoms with Crippen molar-refractivity contribution in [3.63, 3.8) is 0 Å². The number of amides is 4. The Balaban J connectivity index is 2.39. The van der Waals surface area contributed by atoms with Crippen molar-refractivity contribution in [2.75, 3.05) is 26.2 Å². The zero-order valence-electron chi connectivity index (χ0n) is 39.0. The highest BCUT2D eigenvalue weighted by atomic mass is 16.6. The van der Waals surface area contributed by atoms with Crippen LogP contribution < -0.4 is 21.3 Å². The Morgan fingerprint density at radius 3 is 1.32 bits per heavy atom. The molecule has 60 heavy (non-hydrogen) atoms. The molecule has 15 nitrogen and oxygen atoms in total. The smallest absolute Gasteiger partial charge is 0.417 e. The van der Waals surface area contributed by atoms with Gasteiger partial charge in [0.05, 0.1) is 6.54 Å². The first-order chi connectivity index (χ1) is 27.9. The highest BCUT2D eigenvalue weighted by Crippen LogP contribution is 2.15. The van der Waals surface area contributed by atoms with Crippen molar-refractivity contribution in [1.29, 1.82) is 0 Å². The zero-order chi connectivity index (χ0) is 45.2. The summed E-state index contributed by atoms with van der Waals surface area (Å²) in [4.78, 5) is 61.1. The first-order valence-electron chi connectivity index (χ1n) is 21.8. The van der Waals surface area contributed by atoms with Crippen molar-refractivity contribution in [2.45, 2.75) is 189 Å². The normalized spacial score (nSPS) is 12.2. The van der Waals surface area contributed by atoms with Crippen molar-refractivity contribution in [3.05, 3.63) is 35.9 Å². The van der Waals surface area contributed by atoms with Gasteiger partial charge in [0, 0.05) is 13.1 Å². The average Bonchev–Trinajstić information content (AvgIpc) is 3.08. The van der Waals surface area contributed by atoms with Gasteiger partial charge in [-0.25, -0.2) is 24.1 Å². The van der Waals surface area contributed by atoms with Gasteiger partial charge in [-0.2, -0.15) is 0 Å². The fraction of sp³-hybridized carbons (Fsp3) is 0.733. The van der Waals surface area contributed by atoms with Gasteiger partial charge in [0.25, 0.3) is 0 Å². The summed E-state index contributed by atoms with van der Waals surface area (Å²) in [6.07, 6.45) is 9.94. The standard InChI is InChI=1S/C45H79N7O8/c1-42(2,3)57-38(53)49-36(50-39(54)58-43(4,5)6)47-32-26-19-15-13-17-24-30-46-31-25-18-14-16-20-27-33-48-37(51-40(55)59-44(7,8)9)52(41(56)60-45(10,11)12)34-35-28-22-21-23-29-35/h21-23,28-29,46H,13-20,24-27,30-34H2,1-12H3,(H,48,51,55)(H2,47,49,50,53,54). The summed E-state index contributed by atoms with van der Waals surface area (Å²) in [5.41, 5.74) is -1.96. The third-order valence-corrected chi connectivity index (χ3v) is 7.96. The molecular weight excluding hydrogens is 767 g/mol. The monoisotopic (exact) mass is 846 g/mol. The topological polar surface area (TPSA) is 181 Å². The minimum Gasteiger partial charge on any atom is -0.444 e. The summed E-state index contributed by atoms with van der Waals surface area (Å²) in [7, 11) is 0. The van der Waals surface area contributed by atoms with Crippen LogP contribution in [0.2, 0.25) is 0 Å². The second-order valence-corrected chi connectivity index (χ2v) is 18.9. The minimum absolute atomic E-state index is 0.0132. The van der Waals surface area contributed by atoms with Gasteiger partial charge in [-0.05, 0) is 127 Å². The summed E-state index contributed by atoms with van der Waals surface area (Å²) in [6.45, 7) is 24.4. The SMILES string of the molecule is CC(C)(C)OC(=O)NC(=NCCCCCCCCNCCCCCCCCN=C(NC(=O)OC(C)(C)C)N(Cc1ccccc1)C(=O)OC(C)(C)C)NC(=O)OC(C)(C)C. The number of nitrogens with zero attached hydrogens (tertiary/aromatic N) is 3. The highest BCUT2D eigenvalue weighted by molar-refractivity contribution is 6.02. The predicted octanol–water partition coefficient (Wildman–Crippen LogP) is 9.98. The molecule has 0 spiro atoms. The van der Waals surface area contributed by atoms with E-state index in [2.05, 4.69) is 31.3 Å². The lowest BCUT2D eigenvalue weighted by Crippen LogP contribution is -2.49. The maximum atomic E-state index is 13.4. The van der Waals surface area contributed by atoms with E-state index in [4.69, 9.17) is 18.9 Å². The summed E-state index contributed by atoms with van der Waals surface area (Å²) < 4.78 is 21.8. The number of carbonyl (C=O) groups is 4. The molecule has 342 valence electrons. The molecule has 0 aromatic heterocycles. The van der Waals surface area contributed by atoms with E-state index in [1.54, 1.807) is 83.1 Å². The van der Waals surface area contributed by atoms with E-state index >= 15 is 0 Å². The van der Waals surface area contributed by atoms with Crippen LogP contribution in [0.15, 0.2) is 40.3 Å². The Labute approximate surface area is 361 Å². The van der Waals surface area contributed by atoms with Gasteiger partial charge < -0.3 is 24.3 Å². The molecule has 15 heteroatoms. The number of rotatable bonds is 20. The summed E-state index contributed by atoms with van der Waals surface area (Å²) in [5, 5.41) is 11.3. The number of hydrogen-bond acceptors (Lipinski definition) is 11. The van der Waals surface area contributed by atoms with Crippen LogP contribution in [0.25, 0.3) is 0 Å². The largest absolute Gasteiger partial charge is 0.444 e. The molecule has 1 aromatic rings. The fourth-order valence-corrected chi connectivity index (χ4v) is 5.45. The molecule has 4 N–H and O–H groups in total. The van der Waals surface area contributed by atoms with Crippen LogP contribution in [-0.2, 0) is 25.5 Å². The first-order valence-corrected chi connectivity index (χ1v) is 21.8. The predicted molar refractivity (Wildman–Crippen MR) is 239 cm³/mol. The van der Waals surface area contributed by atoms with Gasteiger partial charge in [0.15, 0.2) is 0 Å². The molecule has 0 fully saturated rings. The number of alkyl carbamates (subject to hydrolysis) is 3. The molecule has 0 unspecified atom stereocenters. The molecule has 1 rings (SSSR count). The lowest BCUT2D eigenvalue weighted by atomic mass is 10.1. The minimum atomic E-state index is -0.735. The van der Waals surface area contributed by atoms with Crippen LogP contribution in [0.3, 0.4) is 0 Å². The Bertz CT molecular complexity index is 1440. The van der Waals surface area contributed by atoms with Crippen molar-refractivity contribution in [3.8, 4) is 0 Å². The van der Waals surface area contributed by atoms with Crippen LogP contribution in [0, 0.1) is 0 Å². The quantitative estimate of drug-likeness (QED) is 0.0430. The van der Waals surface area contributed by atoms with Crippen molar-refractivity contribution < 1.29 is 38.1 Å². The van der Waals surface area contributed by atoms with Crippen molar-refractivity contribution >= 4 is 36.3 Å². The van der Waals surface area contributed by atoms with Gasteiger partial charge in [-0.1, -0.05) is 81.7 Å². The van der Waals surface area contributed by atoms with E-state index in [9.17, 15) is 19.2 Å². The molecule has 0 bridgehead atoms. The van der Waals surface area contributed by atoms with Gasteiger partial charge >= 0.3 is 24.4 Å². The number of aliphatic imine (C=N–C) groups is 2. The van der Waals surface area contributed by atoms with Crippen LogP contribution in [0.4, 0.5) is 19.2 Å². The fourth-order valence-electron chi connectivity index (χ4n) is 5.45. The number of carbonyl (C=O) groups excluding carboxylic acids is 4. The summed E-state index contributed by atoms with van der Waals surface area (Å²) >= 11 is 0. The Kier molecular flexibility index (Phi) is 24.5. The van der Waals surface area contributed by atoms with E-state index < -0.39 is 46.8 Å². The van der Waals surface area contributed by atoms with Crippen LogP contribution in [-0.4, -0.2) is 89.8 Å². The van der Waals surface area contributed by atoms with E-state index in [1.165, 1.54) is 4.90 Å². The van der Waals surface area contributed by atoms with Gasteiger partial charge in [-0.15, -0.1) is 0 Å². The van der Waals surface area contributed by atoms with E-state index in [0.717, 1.165) is 95.7 Å². The van der Waals surface area contributed by atoms with E-state index in [-0.39, 0.29) is 18.5 Å². The second-order valence-electron chi connectivity index (χ2n) is 18.9. The molecule has 0 saturated heterocycles. The summed E-state index contributed by atoms with van der Waals surface area (Å²) in [6, 6.07) is 9.51. The molecule has 0 aliphatic rings. The third-order valence-electron chi connectivity index (χ3n) is 7.96. The molecule has 0 radical (unpaired) electrons. The van der Waals surface area contributed by atoms with Gasteiger partial charge in [-0.3, -0.25) is 25.9 Å². The van der Waals surface area contributed by atoms with Crippen LogP contribution in [0.5, 0.6) is 0 Å². The Hall–Kier alpha value is -4.40. The van der Waals surface area contributed by atoms with E-state index in [0.29, 0.717) is 13.1 Å². The molecule has 0 aliphatic heterocycles. The average molecular weight is 846 g/mol. The van der Waals surface area contributed by atoms with Crippen molar-refractivity contribution in [1.82, 2.24) is 26.2 Å². The first kappa shape index (κ1) is 53.6. The third kappa shape index (κ3) is 30.6. The molecule has 0 aliphatic carbocycles. The Morgan fingerprint density at radius 1 is 0.500 bits per heavy atom. The van der Waals surface area contributed by atoms with Crippen molar-refractivity contribution in [2.24, 2.45) is 9.98 Å². The van der Waals surface area contributed by atoms with Gasteiger partial charge in [0.2, 0.25) is 11.9 Å². The Morgan fingerprint density at radius 2 is 0.883 bits per heavy atom. The molecule has 0 saturated carbocycles. The van der Waals surface area contributed by atoms with Crippen LogP contribution >= 0.6 is 0 Å². The van der Waals surface area contributed by atoms with Crippen LogP contribution in [0.1, 0.15) is 166 Å². The maximum Gasteiger partial charge on any atom is 0.417 e. The highest BCUT2D eigenvalue weighted by Gasteiger charge is 2.29. The number of hydrogen-bond donors (Lipinski definition) is 4. The van der Waals surface area contributed by atoms with E-state index in [1.807, 2.05) is 30.3 Å². The molecule has 1 aromatic carbocycles. The summed E-state index contributed by atoms with van der Waals surface area (Å²) in [5.74, 6) is 0.119. The van der Waals surface area contributed by atoms with Gasteiger partial charge in [0.1, 0.15) is 22.4 Å². The number of ether oxygens (including phenoxy) is 4. The molecular formula is C45H79N7O8.